The summed E-state index contributed by atoms with van der Waals surface area (Å²) in [5.74, 6) is 0. The first-order valence-electron chi connectivity index (χ1n) is 4.46. The van der Waals surface area contributed by atoms with Crippen molar-refractivity contribution >= 4 is 15.9 Å². The van der Waals surface area contributed by atoms with Crippen LogP contribution in [0.1, 0.15) is 37.6 Å². The third-order valence-corrected chi connectivity index (χ3v) is 3.04. The van der Waals surface area contributed by atoms with Crippen LogP contribution in [0, 0.1) is 0 Å². The van der Waals surface area contributed by atoms with Crippen molar-refractivity contribution in [1.29, 1.82) is 0 Å². The lowest BCUT2D eigenvalue weighted by Crippen LogP contribution is -2.06. The third-order valence-electron chi connectivity index (χ3n) is 2.40. The van der Waals surface area contributed by atoms with E-state index in [1.165, 1.54) is 30.5 Å². The van der Waals surface area contributed by atoms with Crippen LogP contribution < -0.4 is 0 Å². The van der Waals surface area contributed by atoms with Crippen molar-refractivity contribution in [2.75, 3.05) is 0 Å². The van der Waals surface area contributed by atoms with E-state index in [4.69, 9.17) is 0 Å². The quantitative estimate of drug-likeness (QED) is 0.723. The maximum atomic E-state index is 4.47. The lowest BCUT2D eigenvalue weighted by atomic mass is 10.3. The van der Waals surface area contributed by atoms with E-state index in [2.05, 4.69) is 39.6 Å². The molecule has 1 aliphatic carbocycles. The number of rotatable bonds is 1. The van der Waals surface area contributed by atoms with Crippen LogP contribution in [0.4, 0.5) is 0 Å². The van der Waals surface area contributed by atoms with E-state index in [1.807, 2.05) is 0 Å². The zero-order valence-corrected chi connectivity index (χ0v) is 9.06. The van der Waals surface area contributed by atoms with Crippen LogP contribution in [0.3, 0.4) is 0 Å². The highest BCUT2D eigenvalue weighted by atomic mass is 79.9. The van der Waals surface area contributed by atoms with Crippen molar-refractivity contribution in [1.82, 2.24) is 9.78 Å². The molecule has 3 heteroatoms. The lowest BCUT2D eigenvalue weighted by Gasteiger charge is -2.08. The summed E-state index contributed by atoms with van der Waals surface area (Å²) in [7, 11) is 0. The smallest absolute Gasteiger partial charge is 0.131 e. The van der Waals surface area contributed by atoms with E-state index in [-0.39, 0.29) is 0 Å². The molecule has 2 nitrogen and oxygen atoms in total. The zero-order chi connectivity index (χ0) is 8.72. The summed E-state index contributed by atoms with van der Waals surface area (Å²) in [6, 6.07) is 0.489. The summed E-state index contributed by atoms with van der Waals surface area (Å²) >= 11 is 3.50. The second-order valence-corrected chi connectivity index (χ2v) is 4.36. The van der Waals surface area contributed by atoms with Gasteiger partial charge < -0.3 is 0 Å². The molecule has 0 atom stereocenters. The van der Waals surface area contributed by atoms with Crippen LogP contribution in [0.25, 0.3) is 0 Å². The molecule has 0 N–H and O–H groups in total. The molecule has 1 aliphatic rings. The Morgan fingerprint density at radius 3 is 2.83 bits per heavy atom. The molecule has 0 saturated carbocycles. The van der Waals surface area contributed by atoms with Gasteiger partial charge in [-0.2, -0.15) is 5.10 Å². The molecule has 0 bridgehead atoms. The van der Waals surface area contributed by atoms with Gasteiger partial charge >= 0.3 is 0 Å². The number of halogens is 1. The van der Waals surface area contributed by atoms with Crippen LogP contribution in [-0.4, -0.2) is 9.78 Å². The van der Waals surface area contributed by atoms with Crippen LogP contribution in [-0.2, 0) is 12.8 Å². The molecule has 0 aliphatic heterocycles. The Morgan fingerprint density at radius 1 is 1.42 bits per heavy atom. The first-order chi connectivity index (χ1) is 5.70. The highest BCUT2D eigenvalue weighted by molar-refractivity contribution is 9.10. The van der Waals surface area contributed by atoms with Gasteiger partial charge in [0, 0.05) is 17.3 Å². The Kier molecular flexibility index (Phi) is 1.99. The summed E-state index contributed by atoms with van der Waals surface area (Å²) in [4.78, 5) is 0. The molecule has 0 fully saturated rings. The van der Waals surface area contributed by atoms with Gasteiger partial charge in [0.25, 0.3) is 0 Å². The largest absolute Gasteiger partial charge is 0.266 e. The lowest BCUT2D eigenvalue weighted by molar-refractivity contribution is 0.508. The fourth-order valence-electron chi connectivity index (χ4n) is 1.85. The van der Waals surface area contributed by atoms with Gasteiger partial charge in [0.05, 0.1) is 0 Å². The molecule has 66 valence electrons. The minimum Gasteiger partial charge on any atom is -0.266 e. The Bertz CT molecular complexity index is 302. The minimum atomic E-state index is 0.489. The van der Waals surface area contributed by atoms with Gasteiger partial charge in [-0.1, -0.05) is 0 Å². The Morgan fingerprint density at radius 2 is 2.17 bits per heavy atom. The molecule has 1 aromatic heterocycles. The molecule has 12 heavy (non-hydrogen) atoms. The van der Waals surface area contributed by atoms with E-state index >= 15 is 0 Å². The van der Waals surface area contributed by atoms with Crippen LogP contribution >= 0.6 is 15.9 Å². The highest BCUT2D eigenvalue weighted by Gasteiger charge is 2.21. The Balaban J connectivity index is 2.51. The Labute approximate surface area is 81.1 Å². The molecule has 0 spiro atoms. The van der Waals surface area contributed by atoms with E-state index in [1.54, 1.807) is 0 Å². The van der Waals surface area contributed by atoms with E-state index < -0.39 is 0 Å². The molecular formula is C9H13BrN2. The third kappa shape index (κ3) is 1.11. The fourth-order valence-corrected chi connectivity index (χ4v) is 2.44. The first-order valence-corrected chi connectivity index (χ1v) is 5.25. The van der Waals surface area contributed by atoms with E-state index in [9.17, 15) is 0 Å². The highest BCUT2D eigenvalue weighted by Crippen LogP contribution is 2.30. The molecule has 0 radical (unpaired) electrons. The maximum absolute atomic E-state index is 4.47. The van der Waals surface area contributed by atoms with Gasteiger partial charge in [-0.15, -0.1) is 0 Å². The molecular weight excluding hydrogens is 216 g/mol. The average Bonchev–Trinajstić information content (AvgIpc) is 2.53. The van der Waals surface area contributed by atoms with Gasteiger partial charge in [0.1, 0.15) is 4.60 Å². The maximum Gasteiger partial charge on any atom is 0.131 e. The Hall–Kier alpha value is -0.310. The summed E-state index contributed by atoms with van der Waals surface area (Å²) in [5.41, 5.74) is 2.88. The normalized spacial score (nSPS) is 15.7. The van der Waals surface area contributed by atoms with Gasteiger partial charge in [0.15, 0.2) is 0 Å². The summed E-state index contributed by atoms with van der Waals surface area (Å²) in [6.45, 7) is 4.36. The number of aromatic nitrogens is 2. The van der Waals surface area contributed by atoms with Gasteiger partial charge in [0.2, 0.25) is 0 Å². The molecule has 1 heterocycles. The van der Waals surface area contributed by atoms with Crippen molar-refractivity contribution in [2.24, 2.45) is 0 Å². The second-order valence-electron chi connectivity index (χ2n) is 3.61. The van der Waals surface area contributed by atoms with Crippen molar-refractivity contribution in [3.05, 3.63) is 15.9 Å². The summed E-state index contributed by atoms with van der Waals surface area (Å²) in [5, 5.41) is 4.47. The summed E-state index contributed by atoms with van der Waals surface area (Å²) < 4.78 is 3.20. The number of fused-ring (bicyclic) bond motifs is 1. The molecule has 1 aromatic rings. The SMILES string of the molecule is CC(C)n1nc(Br)c2c1CCC2. The molecule has 0 unspecified atom stereocenters. The van der Waals surface area contributed by atoms with Gasteiger partial charge in [-0.25, -0.2) is 0 Å². The molecule has 2 rings (SSSR count). The van der Waals surface area contributed by atoms with E-state index in [0.29, 0.717) is 6.04 Å². The number of hydrogen-bond donors (Lipinski definition) is 0. The fraction of sp³-hybridized carbons (Fsp3) is 0.667. The predicted molar refractivity (Wildman–Crippen MR) is 52.3 cm³/mol. The van der Waals surface area contributed by atoms with Crippen LogP contribution in [0.2, 0.25) is 0 Å². The molecule has 0 amide bonds. The second kappa shape index (κ2) is 2.87. The first kappa shape index (κ1) is 8.30. The van der Waals surface area contributed by atoms with Crippen molar-refractivity contribution in [3.63, 3.8) is 0 Å². The monoisotopic (exact) mass is 228 g/mol. The molecule has 0 saturated heterocycles. The van der Waals surface area contributed by atoms with Crippen LogP contribution in [0.5, 0.6) is 0 Å². The number of hydrogen-bond acceptors (Lipinski definition) is 1. The zero-order valence-electron chi connectivity index (χ0n) is 7.47. The van der Waals surface area contributed by atoms with Crippen molar-refractivity contribution in [2.45, 2.75) is 39.2 Å². The van der Waals surface area contributed by atoms with Crippen molar-refractivity contribution in [3.8, 4) is 0 Å². The number of nitrogens with zero attached hydrogens (tertiary/aromatic N) is 2. The molecule has 0 aromatic carbocycles. The minimum absolute atomic E-state index is 0.489. The van der Waals surface area contributed by atoms with Gasteiger partial charge in [-0.05, 0) is 49.0 Å². The summed E-state index contributed by atoms with van der Waals surface area (Å²) in [6.07, 6.45) is 3.69. The van der Waals surface area contributed by atoms with Crippen molar-refractivity contribution < 1.29 is 0 Å². The van der Waals surface area contributed by atoms with Gasteiger partial charge in [-0.3, -0.25) is 4.68 Å². The van der Waals surface area contributed by atoms with Crippen LogP contribution in [0.15, 0.2) is 4.60 Å². The standard InChI is InChI=1S/C9H13BrN2/c1-6(2)12-8-5-3-4-7(8)9(10)11-12/h6H,3-5H2,1-2H3. The topological polar surface area (TPSA) is 17.8 Å². The predicted octanol–water partition coefficient (Wildman–Crippen LogP) is 2.72. The average molecular weight is 229 g/mol. The van der Waals surface area contributed by atoms with E-state index in [0.717, 1.165) is 4.60 Å².